The van der Waals surface area contributed by atoms with Crippen molar-refractivity contribution in [2.24, 2.45) is 29.4 Å². The highest BCUT2D eigenvalue weighted by Crippen LogP contribution is 2.50. The first-order valence-corrected chi connectivity index (χ1v) is 9.05. The number of carbonyl (C=O) groups is 1. The first-order valence-electron chi connectivity index (χ1n) is 9.05. The molecule has 0 spiro atoms. The van der Waals surface area contributed by atoms with Gasteiger partial charge in [-0.15, -0.1) is 0 Å². The molecule has 3 rings (SSSR count). The van der Waals surface area contributed by atoms with Crippen LogP contribution in [0.15, 0.2) is 0 Å². The first-order chi connectivity index (χ1) is 10.3. The van der Waals surface area contributed by atoms with Crippen molar-refractivity contribution in [3.05, 3.63) is 0 Å². The van der Waals surface area contributed by atoms with Crippen molar-refractivity contribution in [2.45, 2.75) is 70.9 Å². The van der Waals surface area contributed by atoms with Crippen molar-refractivity contribution in [3.8, 4) is 0 Å². The number of rotatable bonds is 3. The normalized spacial score (nSPS) is 35.9. The van der Waals surface area contributed by atoms with Crippen LogP contribution in [0.3, 0.4) is 0 Å². The van der Waals surface area contributed by atoms with Crippen molar-refractivity contribution >= 4 is 6.09 Å². The number of nitrogens with zero attached hydrogens (tertiary/aromatic N) is 1. The Hall–Kier alpha value is -0.770. The van der Waals surface area contributed by atoms with Gasteiger partial charge in [0.2, 0.25) is 0 Å². The third kappa shape index (κ3) is 3.58. The summed E-state index contributed by atoms with van der Waals surface area (Å²) in [6.45, 7) is 7.32. The molecule has 4 nitrogen and oxygen atoms in total. The number of fused-ring (bicyclic) bond motifs is 2. The van der Waals surface area contributed by atoms with Gasteiger partial charge in [0, 0.05) is 19.1 Å². The summed E-state index contributed by atoms with van der Waals surface area (Å²) >= 11 is 0. The number of ether oxygens (including phenoxy) is 1. The van der Waals surface area contributed by atoms with Gasteiger partial charge in [-0.2, -0.15) is 0 Å². The molecule has 0 aromatic carbocycles. The molecule has 4 heteroatoms. The molecule has 2 aliphatic carbocycles. The molecule has 1 heterocycles. The highest BCUT2D eigenvalue weighted by atomic mass is 16.6. The molecule has 1 saturated heterocycles. The van der Waals surface area contributed by atoms with Gasteiger partial charge in [-0.05, 0) is 76.5 Å². The first kappa shape index (κ1) is 16.1. The monoisotopic (exact) mass is 308 g/mol. The molecular weight excluding hydrogens is 276 g/mol. The molecule has 3 aliphatic rings. The fourth-order valence-electron chi connectivity index (χ4n) is 4.84. The molecule has 1 amide bonds. The smallest absolute Gasteiger partial charge is 0.410 e. The van der Waals surface area contributed by atoms with Crippen molar-refractivity contribution in [3.63, 3.8) is 0 Å². The SMILES string of the molecule is CC(C)(C)OC(=O)N1CCC(C(N)CC2CC3CCC2C3)C1. The van der Waals surface area contributed by atoms with Crippen LogP contribution in [0.2, 0.25) is 0 Å². The number of nitrogens with two attached hydrogens (primary N) is 1. The lowest BCUT2D eigenvalue weighted by molar-refractivity contribution is 0.0285. The van der Waals surface area contributed by atoms with Gasteiger partial charge in [-0.25, -0.2) is 4.79 Å². The minimum atomic E-state index is -0.416. The Bertz CT molecular complexity index is 418. The minimum absolute atomic E-state index is 0.179. The standard InChI is InChI=1S/C18H32N2O2/c1-18(2,3)22-17(21)20-7-6-14(11-20)16(19)10-15-9-12-4-5-13(15)8-12/h12-16H,4-11,19H2,1-3H3. The van der Waals surface area contributed by atoms with Crippen LogP contribution in [0, 0.1) is 23.7 Å². The molecule has 2 N–H and O–H groups in total. The van der Waals surface area contributed by atoms with Crippen molar-refractivity contribution in [1.82, 2.24) is 4.90 Å². The Morgan fingerprint density at radius 1 is 1.27 bits per heavy atom. The Morgan fingerprint density at radius 3 is 2.64 bits per heavy atom. The molecule has 2 bridgehead atoms. The lowest BCUT2D eigenvalue weighted by Gasteiger charge is -2.28. The van der Waals surface area contributed by atoms with Crippen LogP contribution >= 0.6 is 0 Å². The van der Waals surface area contributed by atoms with Crippen LogP contribution < -0.4 is 5.73 Å². The Morgan fingerprint density at radius 2 is 2.05 bits per heavy atom. The van der Waals surface area contributed by atoms with Gasteiger partial charge in [0.15, 0.2) is 0 Å². The minimum Gasteiger partial charge on any atom is -0.444 e. The Labute approximate surface area is 134 Å². The van der Waals surface area contributed by atoms with Gasteiger partial charge >= 0.3 is 6.09 Å². The Kier molecular flexibility index (Phi) is 4.41. The fourth-order valence-corrected chi connectivity index (χ4v) is 4.84. The summed E-state index contributed by atoms with van der Waals surface area (Å²) in [6, 6.07) is 0.247. The number of amides is 1. The summed E-state index contributed by atoms with van der Waals surface area (Å²) in [5, 5.41) is 0. The van der Waals surface area contributed by atoms with Gasteiger partial charge in [0.05, 0.1) is 0 Å². The van der Waals surface area contributed by atoms with Crippen LogP contribution in [-0.2, 0) is 4.74 Å². The van der Waals surface area contributed by atoms with E-state index in [9.17, 15) is 4.79 Å². The number of hydrogen-bond donors (Lipinski definition) is 1. The third-order valence-corrected chi connectivity index (χ3v) is 5.94. The molecule has 126 valence electrons. The average Bonchev–Trinajstić information content (AvgIpc) is 3.12. The van der Waals surface area contributed by atoms with E-state index in [-0.39, 0.29) is 12.1 Å². The third-order valence-electron chi connectivity index (χ3n) is 5.94. The lowest BCUT2D eigenvalue weighted by Crippen LogP contribution is -2.38. The van der Waals surface area contributed by atoms with E-state index in [1.165, 1.54) is 25.7 Å². The zero-order valence-corrected chi connectivity index (χ0v) is 14.4. The summed E-state index contributed by atoms with van der Waals surface area (Å²) in [5.41, 5.74) is 6.09. The van der Waals surface area contributed by atoms with E-state index in [1.54, 1.807) is 0 Å². The maximum atomic E-state index is 12.1. The second-order valence-electron chi connectivity index (χ2n) is 8.81. The quantitative estimate of drug-likeness (QED) is 0.869. The molecule has 5 unspecified atom stereocenters. The highest BCUT2D eigenvalue weighted by molar-refractivity contribution is 5.68. The zero-order valence-electron chi connectivity index (χ0n) is 14.4. The van der Waals surface area contributed by atoms with E-state index in [0.29, 0.717) is 5.92 Å². The largest absolute Gasteiger partial charge is 0.444 e. The van der Waals surface area contributed by atoms with E-state index in [4.69, 9.17) is 10.5 Å². The molecule has 0 aromatic heterocycles. The number of likely N-dealkylation sites (tertiary alicyclic amines) is 1. The van der Waals surface area contributed by atoms with E-state index >= 15 is 0 Å². The van der Waals surface area contributed by atoms with E-state index < -0.39 is 5.60 Å². The molecule has 1 aliphatic heterocycles. The van der Waals surface area contributed by atoms with Gasteiger partial charge in [0.1, 0.15) is 5.60 Å². The van der Waals surface area contributed by atoms with Crippen LogP contribution in [0.25, 0.3) is 0 Å². The summed E-state index contributed by atoms with van der Waals surface area (Å²) in [4.78, 5) is 14.0. The second kappa shape index (κ2) is 6.03. The van der Waals surface area contributed by atoms with E-state index in [1.807, 2.05) is 25.7 Å². The van der Waals surface area contributed by atoms with Crippen molar-refractivity contribution in [2.75, 3.05) is 13.1 Å². The molecular formula is C18H32N2O2. The molecule has 0 radical (unpaired) electrons. The van der Waals surface area contributed by atoms with Gasteiger partial charge in [0.25, 0.3) is 0 Å². The van der Waals surface area contributed by atoms with Crippen molar-refractivity contribution in [1.29, 1.82) is 0 Å². The summed E-state index contributed by atoms with van der Waals surface area (Å²) < 4.78 is 5.47. The highest BCUT2D eigenvalue weighted by Gasteiger charge is 2.41. The van der Waals surface area contributed by atoms with Gasteiger partial charge < -0.3 is 15.4 Å². The van der Waals surface area contributed by atoms with Gasteiger partial charge in [-0.1, -0.05) is 6.42 Å². The molecule has 2 saturated carbocycles. The molecule has 3 fully saturated rings. The molecule has 22 heavy (non-hydrogen) atoms. The maximum Gasteiger partial charge on any atom is 0.410 e. The van der Waals surface area contributed by atoms with E-state index in [0.717, 1.165) is 43.7 Å². The molecule has 0 aromatic rings. The second-order valence-corrected chi connectivity index (χ2v) is 8.81. The van der Waals surface area contributed by atoms with Crippen molar-refractivity contribution < 1.29 is 9.53 Å². The predicted octanol–water partition coefficient (Wildman–Crippen LogP) is 3.40. The van der Waals surface area contributed by atoms with Crippen LogP contribution in [0.1, 0.15) is 59.3 Å². The summed E-state index contributed by atoms with van der Waals surface area (Å²) in [5.74, 6) is 3.24. The summed E-state index contributed by atoms with van der Waals surface area (Å²) in [6.07, 6.45) is 7.74. The predicted molar refractivity (Wildman–Crippen MR) is 87.4 cm³/mol. The molecule has 5 atom stereocenters. The number of carbonyl (C=O) groups excluding carboxylic acids is 1. The zero-order chi connectivity index (χ0) is 15.9. The maximum absolute atomic E-state index is 12.1. The van der Waals surface area contributed by atoms with E-state index in [2.05, 4.69) is 0 Å². The van der Waals surface area contributed by atoms with Crippen LogP contribution in [0.4, 0.5) is 4.79 Å². The summed E-state index contributed by atoms with van der Waals surface area (Å²) in [7, 11) is 0. The number of hydrogen-bond acceptors (Lipinski definition) is 3. The van der Waals surface area contributed by atoms with Crippen LogP contribution in [-0.4, -0.2) is 35.7 Å². The van der Waals surface area contributed by atoms with Gasteiger partial charge in [-0.3, -0.25) is 0 Å². The Balaban J connectivity index is 1.46. The lowest BCUT2D eigenvalue weighted by atomic mass is 9.81. The topological polar surface area (TPSA) is 55.6 Å². The average molecular weight is 308 g/mol. The van der Waals surface area contributed by atoms with Crippen LogP contribution in [0.5, 0.6) is 0 Å². The fraction of sp³-hybridized carbons (Fsp3) is 0.944.